The summed E-state index contributed by atoms with van der Waals surface area (Å²) < 4.78 is 11.7. The zero-order valence-electron chi connectivity index (χ0n) is 46.3. The Morgan fingerprint density at radius 1 is 0.391 bits per heavy atom. The Morgan fingerprint density at radius 2 is 0.782 bits per heavy atom. The van der Waals surface area contributed by atoms with E-state index < -0.39 is 0 Å². The average molecular weight is 1270 g/mol. The number of terminal acetylenes is 1. The lowest BCUT2D eigenvalue weighted by molar-refractivity contribution is 0.586. The van der Waals surface area contributed by atoms with Gasteiger partial charge in [0.2, 0.25) is 11.8 Å². The summed E-state index contributed by atoms with van der Waals surface area (Å²) in [6.07, 6.45) is 12.9. The number of fused-ring (bicyclic) bond motifs is 2. The van der Waals surface area contributed by atoms with Crippen molar-refractivity contribution >= 4 is 159 Å². The van der Waals surface area contributed by atoms with Crippen LogP contribution in [0.2, 0.25) is 0 Å². The summed E-state index contributed by atoms with van der Waals surface area (Å²) in [5.74, 6) is 3.06. The van der Waals surface area contributed by atoms with E-state index in [1.165, 1.54) is 47.7 Å². The number of nitrogens with zero attached hydrogens (tertiary/aromatic N) is 9. The van der Waals surface area contributed by atoms with Crippen molar-refractivity contribution in [2.45, 2.75) is 34.6 Å². The normalized spacial score (nSPS) is 11.7. The highest BCUT2D eigenvalue weighted by molar-refractivity contribution is 7.28. The van der Waals surface area contributed by atoms with Gasteiger partial charge in [-0.3, -0.25) is 0 Å². The number of oxazole rings is 2. The summed E-state index contributed by atoms with van der Waals surface area (Å²) in [4.78, 5) is 24.8. The third-order valence-electron chi connectivity index (χ3n) is 13.3. The molecule has 19 heteroatoms. The highest BCUT2D eigenvalue weighted by Gasteiger charge is 2.21. The quantitative estimate of drug-likeness (QED) is 0.0827. The van der Waals surface area contributed by atoms with Gasteiger partial charge in [-0.2, -0.15) is 36.8 Å². The first-order valence-electron chi connectivity index (χ1n) is 26.0. The SMILES string of the molecule is C#Cc1ccc2oc(/C(C#N)=C/c3cc(C)c(-c4ccc(-c5sc(/C=C(\C#N)c6nc7cc(C#N)ccc7o6)cc5C)s4)s3)nc2c1.Cc1cc(/C=C(\C#N)c2ccc(C#N)s2)sc1-c1cc(C)c(-c2sc(/C=C(\C#N)c3ccc(C#N)s3)cc2C)s1. The molecule has 12 rings (SSSR count). The van der Waals surface area contributed by atoms with Crippen LogP contribution in [-0.4, -0.2) is 9.97 Å². The van der Waals surface area contributed by atoms with Crippen molar-refractivity contribution < 1.29 is 8.83 Å². The molecule has 0 bridgehead atoms. The highest BCUT2D eigenvalue weighted by atomic mass is 32.1. The van der Waals surface area contributed by atoms with E-state index in [-0.39, 0.29) is 11.8 Å². The molecule has 0 unspecified atom stereocenters. The maximum Gasteiger partial charge on any atom is 0.238 e. The fourth-order valence-electron chi connectivity index (χ4n) is 9.17. The van der Waals surface area contributed by atoms with Gasteiger partial charge in [0, 0.05) is 73.8 Å². The number of rotatable bonds is 12. The first kappa shape index (κ1) is 58.7. The summed E-state index contributed by atoms with van der Waals surface area (Å²) >= 11 is 12.6. The molecule has 0 spiro atoms. The van der Waals surface area contributed by atoms with Crippen LogP contribution in [0.15, 0.2) is 112 Å². The molecule has 0 amide bonds. The summed E-state index contributed by atoms with van der Waals surface area (Å²) in [7, 11) is 0. The Hall–Kier alpha value is -10.1. The summed E-state index contributed by atoms with van der Waals surface area (Å²) in [6.45, 7) is 10.4. The molecular weight excluding hydrogens is 1230 g/mol. The van der Waals surface area contributed by atoms with Crippen LogP contribution in [0, 0.1) is 126 Å². The summed E-state index contributed by atoms with van der Waals surface area (Å²) in [5.41, 5.74) is 10.9. The van der Waals surface area contributed by atoms with Crippen LogP contribution in [0.5, 0.6) is 0 Å². The van der Waals surface area contributed by atoms with Gasteiger partial charge in [-0.15, -0.1) is 97.1 Å². The fraction of sp³-hybridized carbons (Fsp3) is 0.0735. The van der Waals surface area contributed by atoms with Crippen molar-refractivity contribution in [3.05, 3.63) is 193 Å². The molecule has 0 radical (unpaired) electrons. The third kappa shape index (κ3) is 12.4. The van der Waals surface area contributed by atoms with E-state index in [0.717, 1.165) is 71.0 Å². The molecule has 12 aromatic rings. The third-order valence-corrected chi connectivity index (χ3v) is 23.1. The van der Waals surface area contributed by atoms with E-state index >= 15 is 0 Å². The molecule has 0 aliphatic carbocycles. The Bertz CT molecular complexity index is 5070. The number of benzene rings is 2. The number of hydrogen-bond acceptors (Lipinski definition) is 19. The van der Waals surface area contributed by atoms with Crippen molar-refractivity contribution in [2.75, 3.05) is 0 Å². The monoisotopic (exact) mass is 1270 g/mol. The fourth-order valence-corrected chi connectivity index (χ4v) is 18.1. The summed E-state index contributed by atoms with van der Waals surface area (Å²) in [6, 6.07) is 47.6. The Morgan fingerprint density at radius 3 is 1.21 bits per heavy atom. The molecule has 414 valence electrons. The van der Waals surface area contributed by atoms with Crippen LogP contribution in [0.3, 0.4) is 0 Å². The van der Waals surface area contributed by atoms with Gasteiger partial charge in [0.1, 0.15) is 68.3 Å². The minimum absolute atomic E-state index is 0.218. The minimum Gasteiger partial charge on any atom is -0.435 e. The van der Waals surface area contributed by atoms with Crippen molar-refractivity contribution in [3.8, 4) is 93.8 Å². The molecule has 0 aliphatic rings. The molecule has 0 saturated heterocycles. The Labute approximate surface area is 531 Å². The van der Waals surface area contributed by atoms with Gasteiger partial charge in [-0.05, 0) is 190 Å². The van der Waals surface area contributed by atoms with Crippen LogP contribution < -0.4 is 0 Å². The van der Waals surface area contributed by atoms with Crippen molar-refractivity contribution in [2.24, 2.45) is 0 Å². The van der Waals surface area contributed by atoms with Gasteiger partial charge in [0.15, 0.2) is 11.2 Å². The first-order valence-corrected chi connectivity index (χ1v) is 32.5. The van der Waals surface area contributed by atoms with Gasteiger partial charge in [-0.1, -0.05) is 5.92 Å². The molecular formula is C68H37N9O2S8. The predicted octanol–water partition coefficient (Wildman–Crippen LogP) is 20.2. The number of aromatic nitrogens is 2. The summed E-state index contributed by atoms with van der Waals surface area (Å²) in [5, 5.41) is 66.7. The molecule has 0 N–H and O–H groups in total. The van der Waals surface area contributed by atoms with Gasteiger partial charge in [-0.25, -0.2) is 9.97 Å². The molecule has 0 fully saturated rings. The molecule has 11 nitrogen and oxygen atoms in total. The van der Waals surface area contributed by atoms with E-state index in [0.29, 0.717) is 65.4 Å². The van der Waals surface area contributed by atoms with E-state index in [4.69, 9.17) is 25.8 Å². The molecule has 0 aliphatic heterocycles. The largest absolute Gasteiger partial charge is 0.435 e. The number of hydrogen-bond donors (Lipinski definition) is 0. The van der Waals surface area contributed by atoms with Crippen LogP contribution in [0.4, 0.5) is 0 Å². The molecule has 87 heavy (non-hydrogen) atoms. The second kappa shape index (κ2) is 25.3. The number of nitriles is 7. The topological polar surface area (TPSA) is 219 Å². The van der Waals surface area contributed by atoms with Crippen molar-refractivity contribution in [3.63, 3.8) is 0 Å². The van der Waals surface area contributed by atoms with E-state index in [9.17, 15) is 26.3 Å². The molecule has 0 saturated carbocycles. The standard InChI is InChI=1S/C37H19N5O2S3.C31H18N4S5/c1-4-22-5-7-30-28(13-22)41-36(43-30)24(18-39)15-26-11-20(2)34(45-26)32-9-10-33(47-32)35-21(3)12-27(46-35)16-25(19-40)37-42-29-14-23(17-38)6-8-31(29)44-37;1-17-8-24(11-20(13-32)26-6-4-22(15-34)36-26)38-29(17)28-10-19(3)31(40-28)30-18(2)9-25(39-30)12-21(14-33)27-7-5-23(16-35)37-27/h1,5-16H,2-3H3;4-12H,1-3H3/b24-15+,25-16+;20-11+,21-12+. The first-order chi connectivity index (χ1) is 42.2. The van der Waals surface area contributed by atoms with E-state index in [1.54, 1.807) is 129 Å². The van der Waals surface area contributed by atoms with Gasteiger partial charge < -0.3 is 8.83 Å². The van der Waals surface area contributed by atoms with Crippen LogP contribution in [-0.2, 0) is 0 Å². The van der Waals surface area contributed by atoms with E-state index in [2.05, 4.69) is 135 Å². The Balaban J connectivity index is 0.000000183. The van der Waals surface area contributed by atoms with Crippen LogP contribution in [0.25, 0.3) is 108 Å². The zero-order chi connectivity index (χ0) is 61.0. The van der Waals surface area contributed by atoms with Crippen molar-refractivity contribution in [1.82, 2.24) is 9.97 Å². The van der Waals surface area contributed by atoms with Gasteiger partial charge in [0.25, 0.3) is 0 Å². The molecule has 10 heterocycles. The van der Waals surface area contributed by atoms with Crippen LogP contribution in [0.1, 0.15) is 89.7 Å². The number of allylic oxidation sites excluding steroid dienone is 4. The maximum atomic E-state index is 9.92. The smallest absolute Gasteiger partial charge is 0.238 e. The lowest BCUT2D eigenvalue weighted by atomic mass is 10.1. The average Bonchev–Trinajstić information content (AvgIpc) is 2.41. The molecule has 2 aromatic carbocycles. The lowest BCUT2D eigenvalue weighted by Crippen LogP contribution is -1.80. The lowest BCUT2D eigenvalue weighted by Gasteiger charge is -1.97. The Kier molecular flexibility index (Phi) is 17.0. The number of thiophene rings is 8. The predicted molar refractivity (Wildman–Crippen MR) is 358 cm³/mol. The maximum absolute atomic E-state index is 9.92. The van der Waals surface area contributed by atoms with Crippen molar-refractivity contribution in [1.29, 1.82) is 36.8 Å². The highest BCUT2D eigenvalue weighted by Crippen LogP contribution is 2.47. The van der Waals surface area contributed by atoms with E-state index in [1.807, 2.05) is 24.3 Å². The second-order valence-corrected chi connectivity index (χ2v) is 28.0. The molecule has 0 atom stereocenters. The number of aryl methyl sites for hydroxylation is 5. The zero-order valence-corrected chi connectivity index (χ0v) is 52.8. The second-order valence-electron chi connectivity index (χ2n) is 19.3. The van der Waals surface area contributed by atoms with Crippen LogP contribution >= 0.6 is 90.7 Å². The van der Waals surface area contributed by atoms with Gasteiger partial charge in [0.05, 0.1) is 22.8 Å². The minimum atomic E-state index is 0.218. The molecule has 10 aromatic heterocycles. The van der Waals surface area contributed by atoms with Gasteiger partial charge >= 0.3 is 0 Å².